The first-order chi connectivity index (χ1) is 9.77. The molecule has 0 fully saturated rings. The molecule has 1 atom stereocenters. The van der Waals surface area contributed by atoms with Gasteiger partial charge < -0.3 is 5.73 Å². The van der Waals surface area contributed by atoms with E-state index in [9.17, 15) is 0 Å². The van der Waals surface area contributed by atoms with E-state index in [1.165, 1.54) is 11.1 Å². The second kappa shape index (κ2) is 7.22. The first-order valence-electron chi connectivity index (χ1n) is 7.39. The first-order valence-corrected chi connectivity index (χ1v) is 7.39. The van der Waals surface area contributed by atoms with Gasteiger partial charge in [-0.3, -0.25) is 4.90 Å². The Labute approximate surface area is 122 Å². The van der Waals surface area contributed by atoms with Crippen LogP contribution in [0.2, 0.25) is 0 Å². The Kier molecular flexibility index (Phi) is 5.33. The molecule has 0 bridgehead atoms. The Morgan fingerprint density at radius 3 is 1.65 bits per heavy atom. The minimum Gasteiger partial charge on any atom is -0.316 e. The SMILES string of the molecule is CCC(N)N(CC)C(c1ccccc1)c1ccccc1. The lowest BCUT2D eigenvalue weighted by Gasteiger charge is -2.35. The molecule has 0 heterocycles. The average molecular weight is 268 g/mol. The second-order valence-electron chi connectivity index (χ2n) is 5.03. The standard InChI is InChI=1S/C18H24N2/c1-3-17(19)20(4-2)18(15-11-7-5-8-12-15)16-13-9-6-10-14-16/h5-14,17-18H,3-4,19H2,1-2H3. The van der Waals surface area contributed by atoms with Crippen LogP contribution in [0.1, 0.15) is 37.4 Å². The van der Waals surface area contributed by atoms with Crippen LogP contribution in [-0.2, 0) is 0 Å². The van der Waals surface area contributed by atoms with Crippen LogP contribution in [0.5, 0.6) is 0 Å². The highest BCUT2D eigenvalue weighted by Gasteiger charge is 2.24. The number of nitrogens with zero attached hydrogens (tertiary/aromatic N) is 1. The molecule has 0 aromatic heterocycles. The molecular formula is C18H24N2. The molecule has 20 heavy (non-hydrogen) atoms. The van der Waals surface area contributed by atoms with Crippen LogP contribution in [-0.4, -0.2) is 17.6 Å². The van der Waals surface area contributed by atoms with Crippen LogP contribution >= 0.6 is 0 Å². The van der Waals surface area contributed by atoms with Crippen LogP contribution in [0.3, 0.4) is 0 Å². The maximum Gasteiger partial charge on any atom is 0.0615 e. The zero-order valence-electron chi connectivity index (χ0n) is 12.4. The van der Waals surface area contributed by atoms with Crippen molar-refractivity contribution in [2.24, 2.45) is 5.73 Å². The van der Waals surface area contributed by atoms with E-state index in [-0.39, 0.29) is 12.2 Å². The molecule has 2 aromatic rings. The third-order valence-electron chi connectivity index (χ3n) is 3.77. The van der Waals surface area contributed by atoms with Crippen molar-refractivity contribution >= 4 is 0 Å². The van der Waals surface area contributed by atoms with Crippen molar-refractivity contribution in [3.8, 4) is 0 Å². The Bertz CT molecular complexity index is 456. The van der Waals surface area contributed by atoms with Gasteiger partial charge in [0.2, 0.25) is 0 Å². The zero-order valence-corrected chi connectivity index (χ0v) is 12.4. The summed E-state index contributed by atoms with van der Waals surface area (Å²) < 4.78 is 0. The topological polar surface area (TPSA) is 29.3 Å². The molecule has 0 aliphatic carbocycles. The summed E-state index contributed by atoms with van der Waals surface area (Å²) in [6, 6.07) is 21.4. The lowest BCUT2D eigenvalue weighted by Crippen LogP contribution is -2.44. The quantitative estimate of drug-likeness (QED) is 0.808. The first kappa shape index (κ1) is 14.8. The van der Waals surface area contributed by atoms with Gasteiger partial charge >= 0.3 is 0 Å². The van der Waals surface area contributed by atoms with Gasteiger partial charge in [-0.2, -0.15) is 0 Å². The summed E-state index contributed by atoms with van der Waals surface area (Å²) in [6.45, 7) is 5.25. The minimum atomic E-state index is 0.0745. The highest BCUT2D eigenvalue weighted by molar-refractivity contribution is 5.31. The molecule has 2 heteroatoms. The molecule has 0 amide bonds. The van der Waals surface area contributed by atoms with Gasteiger partial charge in [0, 0.05) is 0 Å². The third kappa shape index (κ3) is 3.27. The predicted molar refractivity (Wildman–Crippen MR) is 85.4 cm³/mol. The maximum atomic E-state index is 6.33. The van der Waals surface area contributed by atoms with Crippen LogP contribution in [0.25, 0.3) is 0 Å². The number of rotatable bonds is 6. The Hall–Kier alpha value is -1.64. The van der Waals surface area contributed by atoms with Gasteiger partial charge in [0.05, 0.1) is 12.2 Å². The molecule has 106 valence electrons. The molecule has 1 unspecified atom stereocenters. The van der Waals surface area contributed by atoms with Gasteiger partial charge in [-0.1, -0.05) is 74.5 Å². The van der Waals surface area contributed by atoms with Gasteiger partial charge in [0.1, 0.15) is 0 Å². The molecule has 0 spiro atoms. The van der Waals surface area contributed by atoms with Crippen molar-refractivity contribution in [1.82, 2.24) is 4.90 Å². The lowest BCUT2D eigenvalue weighted by molar-refractivity contribution is 0.163. The van der Waals surface area contributed by atoms with E-state index in [0.29, 0.717) is 0 Å². The number of nitrogens with two attached hydrogens (primary N) is 1. The summed E-state index contributed by atoms with van der Waals surface area (Å²) >= 11 is 0. The van der Waals surface area contributed by atoms with Crippen molar-refractivity contribution in [3.05, 3.63) is 71.8 Å². The summed E-state index contributed by atoms with van der Waals surface area (Å²) in [5.74, 6) is 0. The van der Waals surface area contributed by atoms with Crippen molar-refractivity contribution in [1.29, 1.82) is 0 Å². The Morgan fingerprint density at radius 1 is 0.850 bits per heavy atom. The largest absolute Gasteiger partial charge is 0.316 e. The highest BCUT2D eigenvalue weighted by atomic mass is 15.2. The van der Waals surface area contributed by atoms with E-state index in [2.05, 4.69) is 79.4 Å². The fourth-order valence-corrected chi connectivity index (χ4v) is 2.69. The number of hydrogen-bond donors (Lipinski definition) is 1. The van der Waals surface area contributed by atoms with E-state index in [1.807, 2.05) is 0 Å². The van der Waals surface area contributed by atoms with Gasteiger partial charge in [0.25, 0.3) is 0 Å². The van der Waals surface area contributed by atoms with E-state index < -0.39 is 0 Å². The van der Waals surface area contributed by atoms with Crippen molar-refractivity contribution in [2.45, 2.75) is 32.5 Å². The molecule has 2 rings (SSSR count). The molecule has 0 aliphatic heterocycles. The van der Waals surface area contributed by atoms with Crippen LogP contribution in [0.15, 0.2) is 60.7 Å². The Balaban J connectivity index is 2.44. The fraction of sp³-hybridized carbons (Fsp3) is 0.333. The van der Waals surface area contributed by atoms with Crippen LogP contribution in [0.4, 0.5) is 0 Å². The van der Waals surface area contributed by atoms with E-state index in [0.717, 1.165) is 13.0 Å². The summed E-state index contributed by atoms with van der Waals surface area (Å²) in [4.78, 5) is 2.37. The van der Waals surface area contributed by atoms with Crippen LogP contribution in [0, 0.1) is 0 Å². The lowest BCUT2D eigenvalue weighted by atomic mass is 9.96. The molecule has 0 saturated carbocycles. The van der Waals surface area contributed by atoms with E-state index in [1.54, 1.807) is 0 Å². The highest BCUT2D eigenvalue weighted by Crippen LogP contribution is 2.29. The second-order valence-corrected chi connectivity index (χ2v) is 5.03. The molecule has 2 N–H and O–H groups in total. The predicted octanol–water partition coefficient (Wildman–Crippen LogP) is 3.79. The summed E-state index contributed by atoms with van der Waals surface area (Å²) in [6.07, 6.45) is 1.02. The van der Waals surface area contributed by atoms with Crippen molar-refractivity contribution < 1.29 is 0 Å². The zero-order chi connectivity index (χ0) is 14.4. The van der Waals surface area contributed by atoms with Gasteiger partial charge in [-0.15, -0.1) is 0 Å². The Morgan fingerprint density at radius 2 is 1.30 bits per heavy atom. The van der Waals surface area contributed by atoms with E-state index in [4.69, 9.17) is 5.73 Å². The van der Waals surface area contributed by atoms with Crippen molar-refractivity contribution in [3.63, 3.8) is 0 Å². The number of hydrogen-bond acceptors (Lipinski definition) is 2. The third-order valence-corrected chi connectivity index (χ3v) is 3.77. The smallest absolute Gasteiger partial charge is 0.0615 e. The van der Waals surface area contributed by atoms with Crippen LogP contribution < -0.4 is 5.73 Å². The van der Waals surface area contributed by atoms with Gasteiger partial charge in [-0.25, -0.2) is 0 Å². The normalized spacial score (nSPS) is 12.8. The van der Waals surface area contributed by atoms with Crippen molar-refractivity contribution in [2.75, 3.05) is 6.54 Å². The summed E-state index contributed by atoms with van der Waals surface area (Å²) in [5, 5.41) is 0. The molecule has 0 aliphatic rings. The molecule has 2 nitrogen and oxygen atoms in total. The molecule has 0 radical (unpaired) electrons. The van der Waals surface area contributed by atoms with Gasteiger partial charge in [0.15, 0.2) is 0 Å². The maximum absolute atomic E-state index is 6.33. The van der Waals surface area contributed by atoms with Gasteiger partial charge in [-0.05, 0) is 24.1 Å². The molecule has 0 saturated heterocycles. The molecular weight excluding hydrogens is 244 g/mol. The van der Waals surface area contributed by atoms with E-state index >= 15 is 0 Å². The summed E-state index contributed by atoms with van der Waals surface area (Å²) in [7, 11) is 0. The number of benzene rings is 2. The monoisotopic (exact) mass is 268 g/mol. The fourth-order valence-electron chi connectivity index (χ4n) is 2.69. The summed E-state index contributed by atoms with van der Waals surface area (Å²) in [5.41, 5.74) is 8.92. The average Bonchev–Trinajstić information content (AvgIpc) is 2.53. The molecule has 2 aromatic carbocycles. The minimum absolute atomic E-state index is 0.0745.